The zero-order valence-corrected chi connectivity index (χ0v) is 20.6. The number of ether oxygens (including phenoxy) is 1. The van der Waals surface area contributed by atoms with E-state index in [-0.39, 0.29) is 23.7 Å². The lowest BCUT2D eigenvalue weighted by atomic mass is 9.55. The Labute approximate surface area is 214 Å². The molecule has 1 heterocycles. The van der Waals surface area contributed by atoms with Crippen LogP contribution in [0.1, 0.15) is 45.2 Å². The Hall–Kier alpha value is -4.26. The fourth-order valence-electron chi connectivity index (χ4n) is 6.46. The van der Waals surface area contributed by atoms with Gasteiger partial charge in [-0.1, -0.05) is 54.6 Å². The number of hydrogen-bond acceptors (Lipinski definition) is 5. The Bertz CT molecular complexity index is 1340. The zero-order valence-electron chi connectivity index (χ0n) is 20.6. The van der Waals surface area contributed by atoms with Crippen molar-refractivity contribution in [2.75, 3.05) is 18.5 Å². The van der Waals surface area contributed by atoms with Crippen molar-refractivity contribution < 1.29 is 23.9 Å². The number of hydrogen-bond donors (Lipinski definition) is 1. The molecule has 0 saturated carbocycles. The predicted molar refractivity (Wildman–Crippen MR) is 136 cm³/mol. The quantitative estimate of drug-likeness (QED) is 0.432. The first-order chi connectivity index (χ1) is 17.8. The van der Waals surface area contributed by atoms with Gasteiger partial charge in [0.15, 0.2) is 6.61 Å². The topological polar surface area (TPSA) is 92.8 Å². The van der Waals surface area contributed by atoms with Crippen LogP contribution in [0, 0.1) is 25.7 Å². The standard InChI is InChI=1S/C30H26N2O5/c1-16-11-17(2)13-18(12-16)31-23(33)15-37-24(34)14-32-29(35)27-25-19-7-3-4-8-20(19)26(28(27)30(32)36)22-10-6-5-9-21(22)25/h3-13,25-28H,14-15H2,1-2H3,(H,31,33)/t25?,26?,27-,28+. The molecule has 2 bridgehead atoms. The average molecular weight is 495 g/mol. The van der Waals surface area contributed by atoms with Crippen molar-refractivity contribution in [3.05, 3.63) is 100 Å². The van der Waals surface area contributed by atoms with Crippen molar-refractivity contribution in [1.82, 2.24) is 4.90 Å². The fraction of sp³-hybridized carbons (Fsp3) is 0.267. The van der Waals surface area contributed by atoms with E-state index in [2.05, 4.69) is 5.32 Å². The van der Waals surface area contributed by atoms with Crippen molar-refractivity contribution in [2.24, 2.45) is 11.8 Å². The summed E-state index contributed by atoms with van der Waals surface area (Å²) in [7, 11) is 0. The number of carbonyl (C=O) groups is 4. The van der Waals surface area contributed by atoms with E-state index >= 15 is 0 Å². The van der Waals surface area contributed by atoms with E-state index in [9.17, 15) is 19.2 Å². The molecule has 7 nitrogen and oxygen atoms in total. The maximum atomic E-state index is 13.6. The van der Waals surface area contributed by atoms with Gasteiger partial charge in [-0.2, -0.15) is 0 Å². The maximum Gasteiger partial charge on any atom is 0.326 e. The maximum absolute atomic E-state index is 13.6. The molecule has 2 atom stereocenters. The first-order valence-electron chi connectivity index (χ1n) is 12.4. The number of esters is 1. The van der Waals surface area contributed by atoms with Gasteiger partial charge in [0.1, 0.15) is 6.54 Å². The van der Waals surface area contributed by atoms with Crippen LogP contribution >= 0.6 is 0 Å². The lowest BCUT2D eigenvalue weighted by Crippen LogP contribution is -2.41. The van der Waals surface area contributed by atoms with Gasteiger partial charge in [-0.25, -0.2) is 0 Å². The number of carbonyl (C=O) groups excluding carboxylic acids is 4. The van der Waals surface area contributed by atoms with Crippen molar-refractivity contribution in [3.8, 4) is 0 Å². The highest BCUT2D eigenvalue weighted by Gasteiger charge is 2.61. The average Bonchev–Trinajstić information content (AvgIpc) is 3.12. The van der Waals surface area contributed by atoms with E-state index in [4.69, 9.17) is 4.74 Å². The lowest BCUT2D eigenvalue weighted by Gasteiger charge is -2.45. The second-order valence-electron chi connectivity index (χ2n) is 10.1. The predicted octanol–water partition coefficient (Wildman–Crippen LogP) is 3.68. The van der Waals surface area contributed by atoms with Gasteiger partial charge < -0.3 is 10.1 Å². The number of anilines is 1. The van der Waals surface area contributed by atoms with Gasteiger partial charge in [0.2, 0.25) is 11.8 Å². The number of nitrogens with zero attached hydrogens (tertiary/aromatic N) is 1. The SMILES string of the molecule is Cc1cc(C)cc(NC(=O)COC(=O)CN2C(=O)[C@@H]3C4c5ccccc5C(c5ccccc54)[C@@H]3C2=O)c1. The molecule has 0 unspecified atom stereocenters. The van der Waals surface area contributed by atoms with E-state index in [0.717, 1.165) is 38.3 Å². The molecule has 186 valence electrons. The molecule has 1 N–H and O–H groups in total. The third kappa shape index (κ3) is 3.73. The molecule has 0 radical (unpaired) electrons. The van der Waals surface area contributed by atoms with Crippen LogP contribution in [0.4, 0.5) is 5.69 Å². The van der Waals surface area contributed by atoms with Crippen molar-refractivity contribution in [3.63, 3.8) is 0 Å². The summed E-state index contributed by atoms with van der Waals surface area (Å²) in [6.07, 6.45) is 0. The molecule has 3 aromatic carbocycles. The van der Waals surface area contributed by atoms with Gasteiger partial charge in [0.25, 0.3) is 5.91 Å². The van der Waals surface area contributed by atoms with E-state index in [1.54, 1.807) is 0 Å². The van der Waals surface area contributed by atoms with Crippen molar-refractivity contribution in [1.29, 1.82) is 0 Å². The van der Waals surface area contributed by atoms with Crippen LogP contribution < -0.4 is 5.32 Å². The lowest BCUT2D eigenvalue weighted by molar-refractivity contribution is -0.154. The third-order valence-electron chi connectivity index (χ3n) is 7.70. The van der Waals surface area contributed by atoms with E-state index in [1.165, 1.54) is 0 Å². The molecule has 7 heteroatoms. The Morgan fingerprint density at radius 2 is 1.24 bits per heavy atom. The molecular formula is C30H26N2O5. The van der Waals surface area contributed by atoms with E-state index in [1.807, 2.05) is 80.6 Å². The highest BCUT2D eigenvalue weighted by Crippen LogP contribution is 2.60. The Morgan fingerprint density at radius 1 is 0.784 bits per heavy atom. The van der Waals surface area contributed by atoms with Crippen LogP contribution in [0.3, 0.4) is 0 Å². The molecule has 0 spiro atoms. The third-order valence-corrected chi connectivity index (χ3v) is 7.70. The highest BCUT2D eigenvalue weighted by atomic mass is 16.5. The second kappa shape index (κ2) is 8.69. The molecule has 1 fully saturated rings. The van der Waals surface area contributed by atoms with Gasteiger partial charge in [-0.15, -0.1) is 0 Å². The molecule has 37 heavy (non-hydrogen) atoms. The van der Waals surface area contributed by atoms with Crippen LogP contribution in [0.15, 0.2) is 66.7 Å². The second-order valence-corrected chi connectivity index (χ2v) is 10.1. The summed E-state index contributed by atoms with van der Waals surface area (Å²) in [5.41, 5.74) is 6.89. The summed E-state index contributed by atoms with van der Waals surface area (Å²) < 4.78 is 5.14. The Morgan fingerprint density at radius 3 is 1.70 bits per heavy atom. The van der Waals surface area contributed by atoms with E-state index < -0.39 is 36.9 Å². The number of benzene rings is 3. The minimum Gasteiger partial charge on any atom is -0.454 e. The first kappa shape index (κ1) is 23.2. The molecule has 3 aromatic rings. The minimum atomic E-state index is -0.793. The molecule has 0 aromatic heterocycles. The zero-order chi connectivity index (χ0) is 25.8. The van der Waals surface area contributed by atoms with E-state index in [0.29, 0.717) is 5.69 Å². The fourth-order valence-corrected chi connectivity index (χ4v) is 6.46. The number of amides is 3. The number of nitrogens with one attached hydrogen (secondary N) is 1. The van der Waals surface area contributed by atoms with Crippen molar-refractivity contribution in [2.45, 2.75) is 25.7 Å². The van der Waals surface area contributed by atoms with Gasteiger partial charge in [-0.05, 0) is 59.4 Å². The Balaban J connectivity index is 1.18. The Kier molecular flexibility index (Phi) is 5.44. The molecular weight excluding hydrogens is 468 g/mol. The van der Waals surface area contributed by atoms with Gasteiger partial charge in [-0.3, -0.25) is 24.1 Å². The highest BCUT2D eigenvalue weighted by molar-refractivity contribution is 6.09. The summed E-state index contributed by atoms with van der Waals surface area (Å²) in [6, 6.07) is 21.6. The summed E-state index contributed by atoms with van der Waals surface area (Å²) in [5.74, 6) is -3.57. The normalized spacial score (nSPS) is 22.8. The minimum absolute atomic E-state index is 0.233. The molecule has 4 aliphatic rings. The first-order valence-corrected chi connectivity index (χ1v) is 12.4. The van der Waals surface area contributed by atoms with Gasteiger partial charge in [0, 0.05) is 17.5 Å². The molecule has 1 aliphatic heterocycles. The summed E-state index contributed by atoms with van der Waals surface area (Å²) in [4.78, 5) is 53.1. The number of aryl methyl sites for hydroxylation is 2. The monoisotopic (exact) mass is 494 g/mol. The summed E-state index contributed by atoms with van der Waals surface area (Å²) in [6.45, 7) is 2.84. The van der Waals surface area contributed by atoms with Crippen LogP contribution in [0.2, 0.25) is 0 Å². The summed E-state index contributed by atoms with van der Waals surface area (Å²) >= 11 is 0. The number of imide groups is 1. The van der Waals surface area contributed by atoms with Crippen molar-refractivity contribution >= 4 is 29.4 Å². The van der Waals surface area contributed by atoms with Crippen LogP contribution in [0.25, 0.3) is 0 Å². The smallest absolute Gasteiger partial charge is 0.326 e. The van der Waals surface area contributed by atoms with Crippen LogP contribution in [0.5, 0.6) is 0 Å². The van der Waals surface area contributed by atoms with Crippen LogP contribution in [-0.2, 0) is 23.9 Å². The van der Waals surface area contributed by atoms with Crippen LogP contribution in [-0.4, -0.2) is 41.7 Å². The van der Waals surface area contributed by atoms with Gasteiger partial charge >= 0.3 is 5.97 Å². The largest absolute Gasteiger partial charge is 0.454 e. The number of rotatable bonds is 5. The molecule has 3 aliphatic carbocycles. The molecule has 3 amide bonds. The summed E-state index contributed by atoms with van der Waals surface area (Å²) in [5, 5.41) is 2.71. The van der Waals surface area contributed by atoms with Gasteiger partial charge in [0.05, 0.1) is 11.8 Å². The molecule has 7 rings (SSSR count). The molecule has 1 saturated heterocycles. The number of likely N-dealkylation sites (tertiary alicyclic amines) is 1.